The SMILES string of the molecule is COc1ccc(N2CCN(CC(=O)O)C(Cc3ccc(F)cc3)C2)c2ccc(C(F)(F)F)nc12. The van der Waals surface area contributed by atoms with E-state index in [1.807, 2.05) is 9.80 Å². The van der Waals surface area contributed by atoms with Gasteiger partial charge in [-0.05, 0) is 48.4 Å². The zero-order chi connectivity index (χ0) is 24.5. The molecule has 2 aromatic carbocycles. The molecule has 3 aromatic rings. The van der Waals surface area contributed by atoms with Crippen molar-refractivity contribution in [3.05, 3.63) is 65.6 Å². The summed E-state index contributed by atoms with van der Waals surface area (Å²) >= 11 is 0. The summed E-state index contributed by atoms with van der Waals surface area (Å²) in [5.41, 5.74) is 0.657. The summed E-state index contributed by atoms with van der Waals surface area (Å²) < 4.78 is 58.3. The van der Waals surface area contributed by atoms with E-state index in [4.69, 9.17) is 4.74 Å². The summed E-state index contributed by atoms with van der Waals surface area (Å²) in [6.45, 7) is 1.22. The number of anilines is 1. The van der Waals surface area contributed by atoms with Gasteiger partial charge in [0.2, 0.25) is 0 Å². The summed E-state index contributed by atoms with van der Waals surface area (Å²) in [5, 5.41) is 9.85. The Balaban J connectivity index is 1.68. The fraction of sp³-hybridized carbons (Fsp3) is 0.333. The Labute approximate surface area is 193 Å². The number of benzene rings is 2. The first-order valence-corrected chi connectivity index (χ1v) is 10.7. The highest BCUT2D eigenvalue weighted by Crippen LogP contribution is 2.37. The maximum atomic E-state index is 13.3. The number of ether oxygens (including phenoxy) is 1. The summed E-state index contributed by atoms with van der Waals surface area (Å²) in [7, 11) is 1.37. The molecule has 0 amide bonds. The van der Waals surface area contributed by atoms with E-state index in [1.165, 1.54) is 25.3 Å². The van der Waals surface area contributed by atoms with Crippen LogP contribution in [-0.2, 0) is 17.4 Å². The summed E-state index contributed by atoms with van der Waals surface area (Å²) in [5.74, 6) is -1.07. The average Bonchev–Trinajstić information content (AvgIpc) is 2.79. The molecule has 180 valence electrons. The van der Waals surface area contributed by atoms with Crippen molar-refractivity contribution in [2.24, 2.45) is 0 Å². The van der Waals surface area contributed by atoms with E-state index in [0.717, 1.165) is 11.6 Å². The number of nitrogens with zero attached hydrogens (tertiary/aromatic N) is 3. The minimum absolute atomic E-state index is 0.109. The van der Waals surface area contributed by atoms with Gasteiger partial charge in [-0.2, -0.15) is 13.2 Å². The highest BCUT2D eigenvalue weighted by atomic mass is 19.4. The molecule has 10 heteroatoms. The Morgan fingerprint density at radius 1 is 1.12 bits per heavy atom. The van der Waals surface area contributed by atoms with Gasteiger partial charge in [-0.15, -0.1) is 0 Å². The highest BCUT2D eigenvalue weighted by Gasteiger charge is 2.34. The van der Waals surface area contributed by atoms with Crippen LogP contribution in [0.5, 0.6) is 5.75 Å². The van der Waals surface area contributed by atoms with E-state index in [-0.39, 0.29) is 29.7 Å². The largest absolute Gasteiger partial charge is 0.494 e. The molecule has 1 aliphatic heterocycles. The van der Waals surface area contributed by atoms with Gasteiger partial charge in [-0.3, -0.25) is 9.69 Å². The van der Waals surface area contributed by atoms with Gasteiger partial charge >= 0.3 is 12.1 Å². The lowest BCUT2D eigenvalue weighted by molar-refractivity contribution is -0.141. The average molecular weight is 477 g/mol. The molecule has 0 bridgehead atoms. The smallest absolute Gasteiger partial charge is 0.433 e. The summed E-state index contributed by atoms with van der Waals surface area (Å²) in [6.07, 6.45) is -4.09. The number of fused-ring (bicyclic) bond motifs is 1. The predicted molar refractivity (Wildman–Crippen MR) is 119 cm³/mol. The van der Waals surface area contributed by atoms with Crippen LogP contribution in [0.4, 0.5) is 23.2 Å². The second-order valence-corrected chi connectivity index (χ2v) is 8.17. The van der Waals surface area contributed by atoms with Crippen molar-refractivity contribution in [1.82, 2.24) is 9.88 Å². The van der Waals surface area contributed by atoms with Gasteiger partial charge in [-0.25, -0.2) is 9.37 Å². The molecular weight excluding hydrogens is 454 g/mol. The maximum Gasteiger partial charge on any atom is 0.433 e. The quantitative estimate of drug-likeness (QED) is 0.537. The fourth-order valence-electron chi connectivity index (χ4n) is 4.36. The van der Waals surface area contributed by atoms with Gasteiger partial charge in [0.15, 0.2) is 0 Å². The van der Waals surface area contributed by atoms with Gasteiger partial charge in [0, 0.05) is 36.7 Å². The zero-order valence-electron chi connectivity index (χ0n) is 18.3. The Morgan fingerprint density at radius 3 is 2.50 bits per heavy atom. The number of pyridine rings is 1. The van der Waals surface area contributed by atoms with E-state index in [2.05, 4.69) is 4.98 Å². The van der Waals surface area contributed by atoms with Crippen LogP contribution in [0.25, 0.3) is 10.9 Å². The third kappa shape index (κ3) is 5.06. The topological polar surface area (TPSA) is 65.9 Å². The van der Waals surface area contributed by atoms with Crippen LogP contribution in [0, 0.1) is 5.82 Å². The number of methoxy groups -OCH3 is 1. The molecule has 1 N–H and O–H groups in total. The number of aliphatic carboxylic acids is 1. The first-order chi connectivity index (χ1) is 16.2. The summed E-state index contributed by atoms with van der Waals surface area (Å²) in [6, 6.07) is 11.5. The minimum Gasteiger partial charge on any atom is -0.494 e. The number of hydrogen-bond acceptors (Lipinski definition) is 5. The van der Waals surface area contributed by atoms with E-state index in [1.54, 1.807) is 24.3 Å². The Hall–Kier alpha value is -3.40. The van der Waals surface area contributed by atoms with Crippen LogP contribution in [0.2, 0.25) is 0 Å². The van der Waals surface area contributed by atoms with E-state index in [0.29, 0.717) is 37.1 Å². The molecular formula is C24H23F4N3O3. The number of halogens is 4. The number of piperazine rings is 1. The van der Waals surface area contributed by atoms with Crippen LogP contribution in [0.15, 0.2) is 48.5 Å². The fourth-order valence-corrected chi connectivity index (χ4v) is 4.36. The van der Waals surface area contributed by atoms with Crippen molar-refractivity contribution in [3.63, 3.8) is 0 Å². The Bertz CT molecular complexity index is 1180. The predicted octanol–water partition coefficient (Wildman–Crippen LogP) is 4.22. The molecule has 0 aliphatic carbocycles. The lowest BCUT2D eigenvalue weighted by Crippen LogP contribution is -2.55. The van der Waals surface area contributed by atoms with Crippen molar-refractivity contribution in [2.75, 3.05) is 38.2 Å². The number of carbonyl (C=O) groups is 1. The van der Waals surface area contributed by atoms with Crippen LogP contribution in [0.3, 0.4) is 0 Å². The molecule has 6 nitrogen and oxygen atoms in total. The minimum atomic E-state index is -4.59. The lowest BCUT2D eigenvalue weighted by atomic mass is 10.0. The maximum absolute atomic E-state index is 13.3. The molecule has 1 fully saturated rings. The molecule has 1 unspecified atom stereocenters. The second kappa shape index (κ2) is 9.46. The van der Waals surface area contributed by atoms with E-state index >= 15 is 0 Å². The molecule has 1 saturated heterocycles. The number of aromatic nitrogens is 1. The number of carboxylic acid groups (broad SMARTS) is 1. The third-order valence-electron chi connectivity index (χ3n) is 5.98. The standard InChI is InChI=1S/C24H23F4N3O3/c1-34-20-8-7-19(18-6-9-21(24(26,27)28)29-23(18)20)31-11-10-30(14-22(32)33)17(13-31)12-15-2-4-16(25)5-3-15/h2-9,17H,10-14H2,1H3,(H,32,33). The van der Waals surface area contributed by atoms with Crippen molar-refractivity contribution in [3.8, 4) is 5.75 Å². The van der Waals surface area contributed by atoms with Crippen molar-refractivity contribution >= 4 is 22.6 Å². The number of alkyl halides is 3. The van der Waals surface area contributed by atoms with E-state index in [9.17, 15) is 27.5 Å². The number of rotatable bonds is 6. The van der Waals surface area contributed by atoms with Crippen LogP contribution in [-0.4, -0.2) is 60.3 Å². The van der Waals surface area contributed by atoms with Crippen LogP contribution in [0.1, 0.15) is 11.3 Å². The number of carboxylic acids is 1. The lowest BCUT2D eigenvalue weighted by Gasteiger charge is -2.42. The van der Waals surface area contributed by atoms with Gasteiger partial charge < -0.3 is 14.7 Å². The molecule has 0 spiro atoms. The number of hydrogen-bond donors (Lipinski definition) is 1. The molecule has 2 heterocycles. The third-order valence-corrected chi connectivity index (χ3v) is 5.98. The molecule has 0 radical (unpaired) electrons. The second-order valence-electron chi connectivity index (χ2n) is 8.17. The van der Waals surface area contributed by atoms with Gasteiger partial charge in [0.05, 0.1) is 13.7 Å². The molecule has 1 atom stereocenters. The molecule has 0 saturated carbocycles. The Morgan fingerprint density at radius 2 is 1.85 bits per heavy atom. The molecule has 4 rings (SSSR count). The molecule has 34 heavy (non-hydrogen) atoms. The highest BCUT2D eigenvalue weighted by molar-refractivity contribution is 5.96. The molecule has 1 aromatic heterocycles. The molecule has 1 aliphatic rings. The van der Waals surface area contributed by atoms with Crippen LogP contribution >= 0.6 is 0 Å². The normalized spacial score (nSPS) is 17.2. The van der Waals surface area contributed by atoms with Crippen molar-refractivity contribution < 1.29 is 32.2 Å². The van der Waals surface area contributed by atoms with E-state index < -0.39 is 17.8 Å². The van der Waals surface area contributed by atoms with Crippen molar-refractivity contribution in [1.29, 1.82) is 0 Å². The van der Waals surface area contributed by atoms with Crippen molar-refractivity contribution in [2.45, 2.75) is 18.6 Å². The first kappa shape index (κ1) is 23.7. The zero-order valence-corrected chi connectivity index (χ0v) is 18.3. The summed E-state index contributed by atoms with van der Waals surface area (Å²) in [4.78, 5) is 19.1. The Kier molecular flexibility index (Phi) is 6.60. The van der Waals surface area contributed by atoms with Gasteiger partial charge in [0.25, 0.3) is 0 Å². The van der Waals surface area contributed by atoms with Gasteiger partial charge in [-0.1, -0.05) is 12.1 Å². The first-order valence-electron chi connectivity index (χ1n) is 10.7. The van der Waals surface area contributed by atoms with Gasteiger partial charge in [0.1, 0.15) is 22.8 Å². The monoisotopic (exact) mass is 477 g/mol. The van der Waals surface area contributed by atoms with Crippen LogP contribution < -0.4 is 9.64 Å².